The topological polar surface area (TPSA) is 58.2 Å². The van der Waals surface area contributed by atoms with Gasteiger partial charge >= 0.3 is 0 Å². The van der Waals surface area contributed by atoms with Crippen molar-refractivity contribution in [1.82, 2.24) is 0 Å². The Bertz CT molecular complexity index is 915. The number of carbonyl (C=O) groups is 2. The molecule has 0 aliphatic carbocycles. The van der Waals surface area contributed by atoms with E-state index in [4.69, 9.17) is 0 Å². The average molecular weight is 332 g/mol. The molecule has 126 valence electrons. The molecule has 0 aliphatic rings. The first kappa shape index (κ1) is 16.7. The summed E-state index contributed by atoms with van der Waals surface area (Å²) in [6.07, 6.45) is 0. The van der Waals surface area contributed by atoms with Crippen molar-refractivity contribution in [2.24, 2.45) is 5.92 Å². The zero-order chi connectivity index (χ0) is 17.8. The summed E-state index contributed by atoms with van der Waals surface area (Å²) in [5.74, 6) is -0.273. The van der Waals surface area contributed by atoms with Gasteiger partial charge in [-0.1, -0.05) is 44.2 Å². The highest BCUT2D eigenvalue weighted by Crippen LogP contribution is 2.18. The predicted molar refractivity (Wildman–Crippen MR) is 102 cm³/mol. The number of carbonyl (C=O) groups excluding carboxylic acids is 2. The molecule has 0 aromatic heterocycles. The van der Waals surface area contributed by atoms with E-state index in [1.165, 1.54) is 0 Å². The number of fused-ring (bicyclic) bond motifs is 1. The third kappa shape index (κ3) is 4.04. The van der Waals surface area contributed by atoms with Crippen LogP contribution < -0.4 is 10.6 Å². The SMILES string of the molecule is CC(C)C(=O)Nc1ccc(NC(=O)c2ccc3ccccc3c2)cc1. The Morgan fingerprint density at radius 2 is 1.36 bits per heavy atom. The van der Waals surface area contributed by atoms with Crippen LogP contribution in [0.5, 0.6) is 0 Å². The molecule has 3 rings (SSSR count). The Labute approximate surface area is 146 Å². The van der Waals surface area contributed by atoms with Crippen LogP contribution in [0.4, 0.5) is 11.4 Å². The molecule has 0 atom stereocenters. The zero-order valence-electron chi connectivity index (χ0n) is 14.2. The van der Waals surface area contributed by atoms with Gasteiger partial charge in [-0.15, -0.1) is 0 Å². The van der Waals surface area contributed by atoms with Crippen LogP contribution in [-0.2, 0) is 4.79 Å². The van der Waals surface area contributed by atoms with Crippen LogP contribution in [0.1, 0.15) is 24.2 Å². The highest BCUT2D eigenvalue weighted by atomic mass is 16.2. The van der Waals surface area contributed by atoms with Crippen molar-refractivity contribution in [1.29, 1.82) is 0 Å². The number of hydrogen-bond acceptors (Lipinski definition) is 2. The lowest BCUT2D eigenvalue weighted by Gasteiger charge is -2.10. The fourth-order valence-corrected chi connectivity index (χ4v) is 2.46. The van der Waals surface area contributed by atoms with Crippen molar-refractivity contribution < 1.29 is 9.59 Å². The second kappa shape index (κ2) is 7.18. The van der Waals surface area contributed by atoms with Crippen molar-refractivity contribution in [3.63, 3.8) is 0 Å². The van der Waals surface area contributed by atoms with Gasteiger partial charge in [0.05, 0.1) is 0 Å². The van der Waals surface area contributed by atoms with E-state index in [1.54, 1.807) is 24.3 Å². The van der Waals surface area contributed by atoms with Gasteiger partial charge in [0, 0.05) is 22.9 Å². The van der Waals surface area contributed by atoms with Gasteiger partial charge in [0.25, 0.3) is 5.91 Å². The first-order chi connectivity index (χ1) is 12.0. The Morgan fingerprint density at radius 3 is 2.00 bits per heavy atom. The van der Waals surface area contributed by atoms with E-state index < -0.39 is 0 Å². The monoisotopic (exact) mass is 332 g/mol. The molecule has 2 amide bonds. The van der Waals surface area contributed by atoms with Gasteiger partial charge in [-0.3, -0.25) is 9.59 Å². The summed E-state index contributed by atoms with van der Waals surface area (Å²) in [4.78, 5) is 24.1. The smallest absolute Gasteiger partial charge is 0.255 e. The minimum atomic E-state index is -0.162. The van der Waals surface area contributed by atoms with Crippen molar-refractivity contribution in [3.05, 3.63) is 72.3 Å². The zero-order valence-corrected chi connectivity index (χ0v) is 14.2. The highest BCUT2D eigenvalue weighted by molar-refractivity contribution is 6.06. The lowest BCUT2D eigenvalue weighted by molar-refractivity contribution is -0.118. The number of amides is 2. The Kier molecular flexibility index (Phi) is 4.80. The molecule has 0 spiro atoms. The van der Waals surface area contributed by atoms with Crippen LogP contribution in [0.25, 0.3) is 10.8 Å². The summed E-state index contributed by atoms with van der Waals surface area (Å²) in [6, 6.07) is 20.7. The van der Waals surface area contributed by atoms with Crippen LogP contribution in [0.3, 0.4) is 0 Å². The maximum absolute atomic E-state index is 12.4. The summed E-state index contributed by atoms with van der Waals surface area (Å²) >= 11 is 0. The van der Waals surface area contributed by atoms with Crippen molar-refractivity contribution in [2.75, 3.05) is 10.6 Å². The van der Waals surface area contributed by atoms with E-state index in [2.05, 4.69) is 10.6 Å². The number of nitrogens with one attached hydrogen (secondary N) is 2. The van der Waals surface area contributed by atoms with E-state index in [9.17, 15) is 9.59 Å². The summed E-state index contributed by atoms with van der Waals surface area (Å²) in [5.41, 5.74) is 2.00. The molecule has 0 fully saturated rings. The van der Waals surface area contributed by atoms with Gasteiger partial charge in [-0.25, -0.2) is 0 Å². The predicted octanol–water partition coefficient (Wildman–Crippen LogP) is 4.69. The molecule has 0 radical (unpaired) electrons. The number of anilines is 2. The van der Waals surface area contributed by atoms with Crippen LogP contribution in [-0.4, -0.2) is 11.8 Å². The Balaban J connectivity index is 1.70. The van der Waals surface area contributed by atoms with Gasteiger partial charge in [0.15, 0.2) is 0 Å². The second-order valence-electron chi connectivity index (χ2n) is 6.24. The standard InChI is InChI=1S/C21H20N2O2/c1-14(2)20(24)22-18-9-11-19(12-10-18)23-21(25)17-8-7-15-5-3-4-6-16(15)13-17/h3-14H,1-2H3,(H,22,24)(H,23,25). The van der Waals surface area contributed by atoms with Gasteiger partial charge in [0.2, 0.25) is 5.91 Å². The van der Waals surface area contributed by atoms with E-state index >= 15 is 0 Å². The molecule has 2 N–H and O–H groups in total. The molecule has 3 aromatic rings. The van der Waals surface area contributed by atoms with Crippen LogP contribution in [0.15, 0.2) is 66.7 Å². The van der Waals surface area contributed by atoms with Gasteiger partial charge in [0.1, 0.15) is 0 Å². The number of hydrogen-bond donors (Lipinski definition) is 2. The molecule has 4 heteroatoms. The fraction of sp³-hybridized carbons (Fsp3) is 0.143. The summed E-state index contributed by atoms with van der Waals surface area (Å²) < 4.78 is 0. The fourth-order valence-electron chi connectivity index (χ4n) is 2.46. The highest BCUT2D eigenvalue weighted by Gasteiger charge is 2.09. The quantitative estimate of drug-likeness (QED) is 0.728. The first-order valence-corrected chi connectivity index (χ1v) is 8.24. The number of benzene rings is 3. The molecule has 0 saturated heterocycles. The normalized spacial score (nSPS) is 10.7. The van der Waals surface area contributed by atoms with E-state index in [0.29, 0.717) is 16.9 Å². The molecule has 0 heterocycles. The second-order valence-corrected chi connectivity index (χ2v) is 6.24. The van der Waals surface area contributed by atoms with E-state index in [0.717, 1.165) is 10.8 Å². The molecule has 0 bridgehead atoms. The third-order valence-electron chi connectivity index (χ3n) is 3.95. The van der Waals surface area contributed by atoms with Crippen molar-refractivity contribution in [3.8, 4) is 0 Å². The molecular weight excluding hydrogens is 312 g/mol. The van der Waals surface area contributed by atoms with Crippen LogP contribution >= 0.6 is 0 Å². The van der Waals surface area contributed by atoms with Gasteiger partial charge in [-0.2, -0.15) is 0 Å². The minimum absolute atomic E-state index is 0.0343. The lowest BCUT2D eigenvalue weighted by Crippen LogP contribution is -2.17. The summed E-state index contributed by atoms with van der Waals surface area (Å²) in [5, 5.41) is 7.83. The maximum atomic E-state index is 12.4. The molecular formula is C21H20N2O2. The Morgan fingerprint density at radius 1 is 0.760 bits per heavy atom. The van der Waals surface area contributed by atoms with E-state index in [-0.39, 0.29) is 17.7 Å². The molecule has 0 unspecified atom stereocenters. The minimum Gasteiger partial charge on any atom is -0.326 e. The number of rotatable bonds is 4. The van der Waals surface area contributed by atoms with Crippen LogP contribution in [0.2, 0.25) is 0 Å². The lowest BCUT2D eigenvalue weighted by atomic mass is 10.1. The third-order valence-corrected chi connectivity index (χ3v) is 3.95. The Hall–Kier alpha value is -3.14. The molecule has 3 aromatic carbocycles. The van der Waals surface area contributed by atoms with Gasteiger partial charge < -0.3 is 10.6 Å². The molecule has 0 saturated carbocycles. The van der Waals surface area contributed by atoms with E-state index in [1.807, 2.05) is 56.3 Å². The van der Waals surface area contributed by atoms with Crippen molar-refractivity contribution in [2.45, 2.75) is 13.8 Å². The molecule has 25 heavy (non-hydrogen) atoms. The largest absolute Gasteiger partial charge is 0.326 e. The average Bonchev–Trinajstić information content (AvgIpc) is 2.62. The summed E-state index contributed by atoms with van der Waals surface area (Å²) in [6.45, 7) is 3.68. The van der Waals surface area contributed by atoms with Gasteiger partial charge in [-0.05, 0) is 47.2 Å². The summed E-state index contributed by atoms with van der Waals surface area (Å²) in [7, 11) is 0. The van der Waals surface area contributed by atoms with Crippen molar-refractivity contribution >= 4 is 34.0 Å². The molecule has 4 nitrogen and oxygen atoms in total. The molecule has 0 aliphatic heterocycles. The van der Waals surface area contributed by atoms with Crippen LogP contribution in [0, 0.1) is 5.92 Å². The first-order valence-electron chi connectivity index (χ1n) is 8.24. The maximum Gasteiger partial charge on any atom is 0.255 e.